The summed E-state index contributed by atoms with van der Waals surface area (Å²) in [5, 5.41) is 0. The van der Waals surface area contributed by atoms with Gasteiger partial charge in [-0.15, -0.1) is 0 Å². The van der Waals surface area contributed by atoms with E-state index in [2.05, 4.69) is 0 Å². The van der Waals surface area contributed by atoms with Crippen LogP contribution in [0.25, 0.3) is 0 Å². The third-order valence-corrected chi connectivity index (χ3v) is 18.5. The molecular formula is C50H54F46. The second kappa shape index (κ2) is 24.2. The first-order chi connectivity index (χ1) is 41.3. The minimum Gasteiger partial charge on any atom is -0.250 e. The van der Waals surface area contributed by atoms with Crippen molar-refractivity contribution in [3.05, 3.63) is 0 Å². The van der Waals surface area contributed by atoms with Crippen LogP contribution in [-0.4, -0.2) is 198 Å². The number of halogens is 46. The van der Waals surface area contributed by atoms with E-state index in [-0.39, 0.29) is 34.6 Å². The number of hydrogen-bond donors (Lipinski definition) is 0. The highest BCUT2D eigenvalue weighted by Gasteiger charge is 2.95. The van der Waals surface area contributed by atoms with E-state index < -0.39 is 275 Å². The van der Waals surface area contributed by atoms with Crippen molar-refractivity contribution in [1.82, 2.24) is 0 Å². The van der Waals surface area contributed by atoms with Crippen LogP contribution < -0.4 is 0 Å². The van der Waals surface area contributed by atoms with E-state index in [1.807, 2.05) is 0 Å². The minimum atomic E-state index is -7.29. The lowest BCUT2D eigenvalue weighted by molar-refractivity contribution is -0.418. The van der Waals surface area contributed by atoms with E-state index in [9.17, 15) is 202 Å². The summed E-state index contributed by atoms with van der Waals surface area (Å²) in [6.07, 6.45) is -10.7. The molecule has 4 fully saturated rings. The quantitative estimate of drug-likeness (QED) is 0.213. The highest BCUT2D eigenvalue weighted by Crippen LogP contribution is 2.72. The first-order valence-corrected chi connectivity index (χ1v) is 26.0. The van der Waals surface area contributed by atoms with Crippen molar-refractivity contribution in [2.75, 3.05) is 53.4 Å². The van der Waals surface area contributed by atoms with Gasteiger partial charge in [-0.25, -0.2) is 110 Å². The maximum atomic E-state index is 14.6. The zero-order chi connectivity index (χ0) is 78.5. The van der Waals surface area contributed by atoms with E-state index in [0.717, 1.165) is 0 Å². The van der Waals surface area contributed by atoms with Crippen LogP contribution in [0.5, 0.6) is 0 Å². The van der Waals surface area contributed by atoms with Gasteiger partial charge in [-0.2, -0.15) is 79.0 Å². The van der Waals surface area contributed by atoms with Gasteiger partial charge < -0.3 is 0 Å². The normalized spacial score (nSPS) is 46.8. The fraction of sp³-hybridized carbons (Fsp3) is 1.00. The van der Waals surface area contributed by atoms with Gasteiger partial charge in [-0.05, 0) is 62.3 Å². The fourth-order valence-electron chi connectivity index (χ4n) is 11.3. The first-order valence-electron chi connectivity index (χ1n) is 26.0. The maximum Gasteiger partial charge on any atom is 0.378 e. The summed E-state index contributed by atoms with van der Waals surface area (Å²) in [6, 6.07) is 0. The van der Waals surface area contributed by atoms with Gasteiger partial charge in [-0.1, -0.05) is 6.92 Å². The molecule has 46 heteroatoms. The van der Waals surface area contributed by atoms with Crippen molar-refractivity contribution in [3.8, 4) is 0 Å². The number of alkyl halides is 46. The van der Waals surface area contributed by atoms with Gasteiger partial charge in [0.05, 0.1) is 5.41 Å². The second-order valence-electron chi connectivity index (χ2n) is 25.8. The average molecular weight is 1530 g/mol. The third-order valence-electron chi connectivity index (χ3n) is 18.5. The molecule has 0 heterocycles. The van der Waals surface area contributed by atoms with Gasteiger partial charge in [0.1, 0.15) is 64.2 Å². The van der Waals surface area contributed by atoms with Crippen LogP contribution in [0.3, 0.4) is 0 Å². The molecule has 0 aromatic carbocycles. The Morgan fingerprint density at radius 2 is 0.396 bits per heavy atom. The van der Waals surface area contributed by atoms with Crippen LogP contribution in [0.2, 0.25) is 0 Å². The molecule has 4 saturated carbocycles. The summed E-state index contributed by atoms with van der Waals surface area (Å²) < 4.78 is 635. The molecule has 4 aliphatic rings. The van der Waals surface area contributed by atoms with Crippen LogP contribution in [0.15, 0.2) is 0 Å². The summed E-state index contributed by atoms with van der Waals surface area (Å²) >= 11 is 0. The van der Waals surface area contributed by atoms with E-state index in [0.29, 0.717) is 0 Å². The second-order valence-corrected chi connectivity index (χ2v) is 25.8. The average Bonchev–Trinajstić information content (AvgIpc) is 0.706. The van der Waals surface area contributed by atoms with Crippen molar-refractivity contribution < 1.29 is 202 Å². The van der Waals surface area contributed by atoms with E-state index in [1.54, 1.807) is 0 Å². The lowest BCUT2D eigenvalue weighted by Crippen LogP contribution is -2.80. The Hall–Kier alpha value is -3.22. The Morgan fingerprint density at radius 1 is 0.177 bits per heavy atom. The molecule has 96 heavy (non-hydrogen) atoms. The Morgan fingerprint density at radius 3 is 0.635 bits per heavy atom. The predicted molar refractivity (Wildman–Crippen MR) is 241 cm³/mol. The molecule has 0 nitrogen and oxygen atoms in total. The van der Waals surface area contributed by atoms with E-state index in [4.69, 9.17) is 0 Å². The van der Waals surface area contributed by atoms with Crippen LogP contribution in [0.4, 0.5) is 202 Å². The van der Waals surface area contributed by atoms with Crippen LogP contribution >= 0.6 is 0 Å². The van der Waals surface area contributed by atoms with E-state index in [1.165, 1.54) is 0 Å². The molecule has 0 aromatic rings. The lowest BCUT2D eigenvalue weighted by atomic mass is 9.56. The van der Waals surface area contributed by atoms with Crippen LogP contribution in [-0.2, 0) is 0 Å². The molecule has 15 unspecified atom stereocenters. The van der Waals surface area contributed by atoms with Crippen molar-refractivity contribution in [2.45, 2.75) is 240 Å². The van der Waals surface area contributed by atoms with Crippen molar-refractivity contribution in [3.63, 3.8) is 0 Å². The molecule has 0 saturated heterocycles. The molecule has 576 valence electrons. The SMILES string of the molecule is CC1(F)CC(C)(CF)C(F)(F)C(C)(CF)C(F)(F)C(C)(F)C1(F)F.CC1(F)CC(F)(CF)C(F)(F)C(C)(CF)C(F)(F)C(C)(F)C1(F)F.CC1(F)CC(F)(CF)C(F)(F)C(F)(CF)C(F)(F)C(C)(F)C1(F)F.CC1(F)CC(F)(CF)C(F)(F)C(F)(CF)C(F)(F)C(F)(F)C1(F)F. The Balaban J connectivity index is 0.000000640. The van der Waals surface area contributed by atoms with Gasteiger partial charge in [0.25, 0.3) is 23.2 Å². The van der Waals surface area contributed by atoms with Crippen LogP contribution in [0, 0.1) is 16.2 Å². The van der Waals surface area contributed by atoms with Gasteiger partial charge >= 0.3 is 65.1 Å². The first kappa shape index (κ1) is 90.8. The summed E-state index contributed by atoms with van der Waals surface area (Å²) in [5.41, 5.74) is -75.7. The zero-order valence-corrected chi connectivity index (χ0v) is 49.9. The summed E-state index contributed by atoms with van der Waals surface area (Å²) in [7, 11) is 0. The predicted octanol–water partition coefficient (Wildman–Crippen LogP) is 21.2. The van der Waals surface area contributed by atoms with Crippen molar-refractivity contribution >= 4 is 0 Å². The highest BCUT2D eigenvalue weighted by atomic mass is 19.4. The molecule has 0 aliphatic heterocycles. The van der Waals surface area contributed by atoms with Gasteiger partial charge in [0.2, 0.25) is 34.0 Å². The third kappa shape index (κ3) is 10.8. The van der Waals surface area contributed by atoms with Crippen LogP contribution in [0.1, 0.15) is 94.9 Å². The molecule has 0 radical (unpaired) electrons. The standard InChI is InChI=1S/C14H18F10.C13H15F11.C12H12F12.C11H9F13/c1-8(6-15)5-10(3,17)14(23,24)11(4,18)13(21,22)9(2,7-16)12(8,19)20;1-7(5-14)11(19,20)9(3,17)13(23,24)8(2,16)4-10(18,6-15)12(7,21)22;1-6(15)3-8(17,4-13)12(23,24)9(18,5-14)11(21,22)7(2,16)10(6,19)20;1-5(14)2-6(15,3-12)9(19,20)7(16,4-13)10(21,22)11(23,24)8(5,17)18/h5-7H2,1-4H3;4-6H2,1-3H3;3-5H2,1-2H3;2-4H2,1H3. The molecule has 4 rings (SSSR count). The molecule has 0 aromatic heterocycles. The summed E-state index contributed by atoms with van der Waals surface area (Å²) in [6.45, 7) is -27.7. The lowest BCUT2D eigenvalue weighted by Gasteiger charge is -2.57. The molecular weight excluding hydrogens is 1470 g/mol. The molecule has 0 bridgehead atoms. The van der Waals surface area contributed by atoms with Gasteiger partial charge in [-0.3, -0.25) is 13.2 Å². The molecule has 0 N–H and O–H groups in total. The Kier molecular flexibility index (Phi) is 22.9. The number of rotatable bonds is 8. The largest absolute Gasteiger partial charge is 0.378 e. The molecule has 0 spiro atoms. The zero-order valence-electron chi connectivity index (χ0n) is 49.9. The van der Waals surface area contributed by atoms with E-state index >= 15 is 0 Å². The number of hydrogen-bond acceptors (Lipinski definition) is 0. The van der Waals surface area contributed by atoms with Gasteiger partial charge in [0.15, 0.2) is 22.7 Å². The molecule has 0 amide bonds. The van der Waals surface area contributed by atoms with Crippen molar-refractivity contribution in [1.29, 1.82) is 0 Å². The minimum absolute atomic E-state index is 0.0526. The summed E-state index contributed by atoms with van der Waals surface area (Å²) in [4.78, 5) is 0. The topological polar surface area (TPSA) is 0 Å². The Labute approximate surface area is 511 Å². The fourth-order valence-corrected chi connectivity index (χ4v) is 11.3. The Bertz CT molecular complexity index is 2350. The molecule has 15 atom stereocenters. The van der Waals surface area contributed by atoms with Gasteiger partial charge in [0, 0.05) is 25.7 Å². The summed E-state index contributed by atoms with van der Waals surface area (Å²) in [5.74, 6) is -80.3. The smallest absolute Gasteiger partial charge is 0.250 e. The molecule has 4 aliphatic carbocycles. The maximum absolute atomic E-state index is 14.6. The highest BCUT2D eigenvalue weighted by molar-refractivity contribution is 5.29. The van der Waals surface area contributed by atoms with Crippen molar-refractivity contribution in [2.24, 2.45) is 16.2 Å². The monoisotopic (exact) mass is 1530 g/mol.